The molecule has 6 heteroatoms. The first-order valence-corrected chi connectivity index (χ1v) is 7.81. The Morgan fingerprint density at radius 2 is 1.48 bits per heavy atom. The topological polar surface area (TPSA) is 84.5 Å². The van der Waals surface area contributed by atoms with Crippen molar-refractivity contribution in [3.05, 3.63) is 70.8 Å². The summed E-state index contributed by atoms with van der Waals surface area (Å²) < 4.78 is 5.14. The second-order valence-corrected chi connectivity index (χ2v) is 5.73. The number of aryl methyl sites for hydroxylation is 2. The monoisotopic (exact) mass is 340 g/mol. The van der Waals surface area contributed by atoms with Crippen LogP contribution in [0, 0.1) is 13.8 Å². The Labute approximate surface area is 146 Å². The minimum absolute atomic E-state index is 0.380. The van der Waals surface area contributed by atoms with E-state index in [9.17, 15) is 14.4 Å². The third-order valence-electron chi connectivity index (χ3n) is 3.45. The summed E-state index contributed by atoms with van der Waals surface area (Å²) in [6.07, 6.45) is -1.05. The second-order valence-electron chi connectivity index (χ2n) is 5.73. The van der Waals surface area contributed by atoms with Crippen molar-refractivity contribution in [2.24, 2.45) is 0 Å². The van der Waals surface area contributed by atoms with Crippen LogP contribution < -0.4 is 10.9 Å². The van der Waals surface area contributed by atoms with Gasteiger partial charge >= 0.3 is 5.97 Å². The van der Waals surface area contributed by atoms with Gasteiger partial charge in [0.2, 0.25) is 0 Å². The highest BCUT2D eigenvalue weighted by Gasteiger charge is 2.20. The van der Waals surface area contributed by atoms with E-state index in [1.807, 2.05) is 19.9 Å². The number of ether oxygens (including phenoxy) is 1. The van der Waals surface area contributed by atoms with Gasteiger partial charge in [0.1, 0.15) is 0 Å². The van der Waals surface area contributed by atoms with Crippen LogP contribution >= 0.6 is 0 Å². The maximum atomic E-state index is 12.1. The number of rotatable bonds is 4. The van der Waals surface area contributed by atoms with Crippen molar-refractivity contribution < 1.29 is 19.1 Å². The molecular weight excluding hydrogens is 320 g/mol. The zero-order chi connectivity index (χ0) is 18.4. The molecule has 0 fully saturated rings. The molecule has 0 aliphatic carbocycles. The molecule has 6 nitrogen and oxygen atoms in total. The van der Waals surface area contributed by atoms with E-state index in [2.05, 4.69) is 10.9 Å². The summed E-state index contributed by atoms with van der Waals surface area (Å²) >= 11 is 0. The summed E-state index contributed by atoms with van der Waals surface area (Å²) in [5.74, 6) is -1.67. The van der Waals surface area contributed by atoms with Crippen molar-refractivity contribution in [1.82, 2.24) is 10.9 Å². The lowest BCUT2D eigenvalue weighted by molar-refractivity contribution is -0.129. The number of nitrogens with one attached hydrogen (secondary N) is 2. The third kappa shape index (κ3) is 5.17. The molecule has 0 unspecified atom stereocenters. The minimum atomic E-state index is -1.05. The van der Waals surface area contributed by atoms with Crippen LogP contribution in [0.3, 0.4) is 0 Å². The van der Waals surface area contributed by atoms with Crippen molar-refractivity contribution in [1.29, 1.82) is 0 Å². The first kappa shape index (κ1) is 18.2. The molecule has 2 aromatic rings. The standard InChI is InChI=1S/C19H20N2O4/c1-12-9-13(2)11-16(10-12)19(24)25-14(3)17(22)20-21-18(23)15-7-5-4-6-8-15/h4-11,14H,1-3H3,(H,20,22)(H,21,23)/t14-/m0/s1. The molecule has 1 atom stereocenters. The molecule has 0 heterocycles. The lowest BCUT2D eigenvalue weighted by atomic mass is 10.1. The van der Waals surface area contributed by atoms with E-state index in [4.69, 9.17) is 4.74 Å². The van der Waals surface area contributed by atoms with E-state index in [0.29, 0.717) is 11.1 Å². The Morgan fingerprint density at radius 1 is 0.880 bits per heavy atom. The van der Waals surface area contributed by atoms with Gasteiger partial charge in [0.15, 0.2) is 6.10 Å². The van der Waals surface area contributed by atoms with E-state index in [-0.39, 0.29) is 0 Å². The van der Waals surface area contributed by atoms with Gasteiger partial charge in [-0.05, 0) is 45.0 Å². The number of carbonyl (C=O) groups excluding carboxylic acids is 3. The Kier molecular flexibility index (Phi) is 5.89. The molecule has 0 aliphatic heterocycles. The van der Waals surface area contributed by atoms with Crippen molar-refractivity contribution >= 4 is 17.8 Å². The van der Waals surface area contributed by atoms with Gasteiger partial charge in [-0.1, -0.05) is 35.4 Å². The zero-order valence-electron chi connectivity index (χ0n) is 14.3. The molecule has 0 bridgehead atoms. The van der Waals surface area contributed by atoms with Crippen LogP contribution in [-0.2, 0) is 9.53 Å². The number of hydrogen-bond donors (Lipinski definition) is 2. The highest BCUT2D eigenvalue weighted by molar-refractivity contribution is 5.96. The summed E-state index contributed by atoms with van der Waals surface area (Å²) in [7, 11) is 0. The molecular formula is C19H20N2O4. The van der Waals surface area contributed by atoms with Gasteiger partial charge in [0.05, 0.1) is 5.56 Å². The molecule has 0 aromatic heterocycles. The molecule has 0 radical (unpaired) electrons. The van der Waals surface area contributed by atoms with Crippen molar-refractivity contribution in [3.63, 3.8) is 0 Å². The summed E-state index contributed by atoms with van der Waals surface area (Å²) in [4.78, 5) is 36.0. The molecule has 0 saturated heterocycles. The number of esters is 1. The van der Waals surface area contributed by atoms with E-state index in [0.717, 1.165) is 11.1 Å². The molecule has 2 N–H and O–H groups in total. The van der Waals surface area contributed by atoms with Gasteiger partial charge in [-0.25, -0.2) is 4.79 Å². The van der Waals surface area contributed by atoms with Gasteiger partial charge in [-0.15, -0.1) is 0 Å². The van der Waals surface area contributed by atoms with Crippen LogP contribution in [-0.4, -0.2) is 23.9 Å². The second kappa shape index (κ2) is 8.10. The van der Waals surface area contributed by atoms with Crippen molar-refractivity contribution in [2.75, 3.05) is 0 Å². The van der Waals surface area contributed by atoms with Gasteiger partial charge in [-0.3, -0.25) is 20.4 Å². The average Bonchev–Trinajstić information content (AvgIpc) is 2.59. The van der Waals surface area contributed by atoms with E-state index in [1.165, 1.54) is 6.92 Å². The number of benzene rings is 2. The lowest BCUT2D eigenvalue weighted by Crippen LogP contribution is -2.46. The Balaban J connectivity index is 1.89. The van der Waals surface area contributed by atoms with Crippen molar-refractivity contribution in [2.45, 2.75) is 26.9 Å². The highest BCUT2D eigenvalue weighted by Crippen LogP contribution is 2.11. The Morgan fingerprint density at radius 3 is 2.08 bits per heavy atom. The third-order valence-corrected chi connectivity index (χ3v) is 3.45. The van der Waals surface area contributed by atoms with Crippen LogP contribution in [0.15, 0.2) is 48.5 Å². The largest absolute Gasteiger partial charge is 0.449 e. The first-order chi connectivity index (χ1) is 11.9. The maximum absolute atomic E-state index is 12.1. The highest BCUT2D eigenvalue weighted by atomic mass is 16.5. The van der Waals surface area contributed by atoms with Gasteiger partial charge in [0, 0.05) is 5.56 Å². The van der Waals surface area contributed by atoms with Crippen LogP contribution in [0.5, 0.6) is 0 Å². The quantitative estimate of drug-likeness (QED) is 0.661. The molecule has 2 aromatic carbocycles. The number of carbonyl (C=O) groups is 3. The number of hydrazine groups is 1. The summed E-state index contributed by atoms with van der Waals surface area (Å²) in [6, 6.07) is 13.8. The molecule has 130 valence electrons. The average molecular weight is 340 g/mol. The zero-order valence-corrected chi connectivity index (χ0v) is 14.3. The van der Waals surface area contributed by atoms with Crippen LogP contribution in [0.2, 0.25) is 0 Å². The van der Waals surface area contributed by atoms with E-state index >= 15 is 0 Å². The summed E-state index contributed by atoms with van der Waals surface area (Å²) in [5.41, 5.74) is 7.17. The fourth-order valence-electron chi connectivity index (χ4n) is 2.26. The lowest BCUT2D eigenvalue weighted by Gasteiger charge is -2.14. The molecule has 25 heavy (non-hydrogen) atoms. The van der Waals surface area contributed by atoms with Crippen LogP contribution in [0.25, 0.3) is 0 Å². The predicted octanol–water partition coefficient (Wildman–Crippen LogP) is 2.31. The fraction of sp³-hybridized carbons (Fsp3) is 0.211. The predicted molar refractivity (Wildman–Crippen MR) is 92.8 cm³/mol. The first-order valence-electron chi connectivity index (χ1n) is 7.81. The number of amides is 2. The summed E-state index contributed by atoms with van der Waals surface area (Å²) in [5, 5.41) is 0. The SMILES string of the molecule is Cc1cc(C)cc(C(=O)O[C@@H](C)C(=O)NNC(=O)c2ccccc2)c1. The van der Waals surface area contributed by atoms with Crippen LogP contribution in [0.4, 0.5) is 0 Å². The molecule has 0 spiro atoms. The summed E-state index contributed by atoms with van der Waals surface area (Å²) in [6.45, 7) is 5.18. The number of hydrogen-bond acceptors (Lipinski definition) is 4. The van der Waals surface area contributed by atoms with Gasteiger partial charge in [-0.2, -0.15) is 0 Å². The fourth-order valence-corrected chi connectivity index (χ4v) is 2.26. The molecule has 0 aliphatic rings. The Hall–Kier alpha value is -3.15. The minimum Gasteiger partial charge on any atom is -0.449 e. The smallest absolute Gasteiger partial charge is 0.338 e. The van der Waals surface area contributed by atoms with E-state index < -0.39 is 23.9 Å². The van der Waals surface area contributed by atoms with Gasteiger partial charge in [0.25, 0.3) is 11.8 Å². The Bertz CT molecular complexity index is 767. The molecule has 0 saturated carbocycles. The molecule has 2 rings (SSSR count). The molecule has 2 amide bonds. The van der Waals surface area contributed by atoms with Crippen LogP contribution in [0.1, 0.15) is 38.8 Å². The van der Waals surface area contributed by atoms with E-state index in [1.54, 1.807) is 42.5 Å². The van der Waals surface area contributed by atoms with Crippen molar-refractivity contribution in [3.8, 4) is 0 Å². The van der Waals surface area contributed by atoms with Gasteiger partial charge < -0.3 is 4.74 Å². The normalized spacial score (nSPS) is 11.3. The maximum Gasteiger partial charge on any atom is 0.338 e.